The number of aryl methyl sites for hydroxylation is 1. The summed E-state index contributed by atoms with van der Waals surface area (Å²) < 4.78 is 15.6. The summed E-state index contributed by atoms with van der Waals surface area (Å²) in [5.74, 6) is -0.342. The molecule has 5 heteroatoms. The van der Waals surface area contributed by atoms with Gasteiger partial charge in [0, 0.05) is 24.5 Å². The minimum absolute atomic E-state index is 0.0681. The normalized spacial score (nSPS) is 14.2. The lowest BCUT2D eigenvalue weighted by atomic mass is 10.1. The number of nitrogens with one attached hydrogen (secondary N) is 1. The van der Waals surface area contributed by atoms with Gasteiger partial charge in [0.25, 0.3) is 5.91 Å². The van der Waals surface area contributed by atoms with Crippen LogP contribution in [-0.4, -0.2) is 41.6 Å². The molecule has 4 rings (SSSR count). The van der Waals surface area contributed by atoms with E-state index in [9.17, 15) is 9.18 Å². The summed E-state index contributed by atoms with van der Waals surface area (Å²) in [7, 11) is 0. The fourth-order valence-corrected chi connectivity index (χ4v) is 4.20. The van der Waals surface area contributed by atoms with Gasteiger partial charge in [-0.05, 0) is 93.4 Å². The van der Waals surface area contributed by atoms with Crippen molar-refractivity contribution in [3.8, 4) is 16.9 Å². The maximum atomic E-state index is 13.5. The van der Waals surface area contributed by atoms with Gasteiger partial charge >= 0.3 is 0 Å². The lowest BCUT2D eigenvalue weighted by Gasteiger charge is -2.15. The molecule has 156 valence electrons. The predicted octanol–water partition coefficient (Wildman–Crippen LogP) is 4.73. The summed E-state index contributed by atoms with van der Waals surface area (Å²) in [6.45, 7) is 7.77. The Morgan fingerprint density at radius 2 is 1.77 bits per heavy atom. The monoisotopic (exact) mass is 405 g/mol. The van der Waals surface area contributed by atoms with Crippen LogP contribution in [0.15, 0.2) is 54.6 Å². The predicted molar refractivity (Wildman–Crippen MR) is 119 cm³/mol. The Kier molecular flexibility index (Phi) is 6.00. The van der Waals surface area contributed by atoms with Crippen molar-refractivity contribution in [3.63, 3.8) is 0 Å². The summed E-state index contributed by atoms with van der Waals surface area (Å²) >= 11 is 0. The molecule has 0 atom stereocenters. The maximum absolute atomic E-state index is 13.5. The third kappa shape index (κ3) is 4.31. The van der Waals surface area contributed by atoms with Crippen LogP contribution in [0.3, 0.4) is 0 Å². The second kappa shape index (κ2) is 8.84. The van der Waals surface area contributed by atoms with Crippen molar-refractivity contribution in [1.82, 2.24) is 14.8 Å². The van der Waals surface area contributed by atoms with E-state index in [1.807, 2.05) is 38.1 Å². The molecular formula is C25H28FN3O. The molecule has 0 spiro atoms. The Balaban J connectivity index is 1.66. The number of amides is 1. The minimum atomic E-state index is -0.274. The van der Waals surface area contributed by atoms with E-state index in [0.717, 1.165) is 47.8 Å². The zero-order valence-electron chi connectivity index (χ0n) is 17.6. The molecular weight excluding hydrogens is 377 g/mol. The van der Waals surface area contributed by atoms with Gasteiger partial charge < -0.3 is 14.8 Å². The summed E-state index contributed by atoms with van der Waals surface area (Å²) in [6, 6.07) is 16.5. The Morgan fingerprint density at radius 1 is 1.03 bits per heavy atom. The van der Waals surface area contributed by atoms with Crippen LogP contribution in [0.1, 0.15) is 34.5 Å². The van der Waals surface area contributed by atoms with E-state index in [2.05, 4.69) is 20.9 Å². The Morgan fingerprint density at radius 3 is 2.47 bits per heavy atom. The largest absolute Gasteiger partial charge is 0.351 e. The van der Waals surface area contributed by atoms with Crippen molar-refractivity contribution >= 4 is 5.91 Å². The van der Waals surface area contributed by atoms with Gasteiger partial charge in [-0.25, -0.2) is 4.39 Å². The fourth-order valence-electron chi connectivity index (χ4n) is 4.20. The van der Waals surface area contributed by atoms with E-state index in [1.54, 1.807) is 12.1 Å². The van der Waals surface area contributed by atoms with Gasteiger partial charge in [0.05, 0.1) is 11.3 Å². The van der Waals surface area contributed by atoms with Gasteiger partial charge in [-0.1, -0.05) is 12.1 Å². The van der Waals surface area contributed by atoms with Crippen LogP contribution >= 0.6 is 0 Å². The zero-order chi connectivity index (χ0) is 21.1. The second-order valence-corrected chi connectivity index (χ2v) is 8.01. The van der Waals surface area contributed by atoms with Crippen LogP contribution in [-0.2, 0) is 0 Å². The van der Waals surface area contributed by atoms with Crippen LogP contribution in [0.2, 0.25) is 0 Å². The molecule has 2 heterocycles. The smallest absolute Gasteiger partial charge is 0.253 e. The van der Waals surface area contributed by atoms with Gasteiger partial charge in [-0.15, -0.1) is 0 Å². The van der Waals surface area contributed by atoms with Crippen LogP contribution in [0.4, 0.5) is 4.39 Å². The highest BCUT2D eigenvalue weighted by Crippen LogP contribution is 2.30. The lowest BCUT2D eigenvalue weighted by Crippen LogP contribution is -2.33. The molecule has 0 radical (unpaired) electrons. The SMILES string of the molecule is Cc1cccc(-n2c(-c3ccc(F)cc3)cc(C(=O)NCCN3CCCC3)c2C)c1. The molecule has 2 aromatic carbocycles. The van der Waals surface area contributed by atoms with Gasteiger partial charge in [-0.3, -0.25) is 4.79 Å². The second-order valence-electron chi connectivity index (χ2n) is 8.01. The number of rotatable bonds is 6. The summed E-state index contributed by atoms with van der Waals surface area (Å²) in [4.78, 5) is 15.4. The lowest BCUT2D eigenvalue weighted by molar-refractivity contribution is 0.0949. The van der Waals surface area contributed by atoms with Crippen molar-refractivity contribution in [3.05, 3.63) is 77.2 Å². The van der Waals surface area contributed by atoms with Gasteiger partial charge in [0.2, 0.25) is 0 Å². The number of nitrogens with zero attached hydrogens (tertiary/aromatic N) is 2. The van der Waals surface area contributed by atoms with Crippen LogP contribution in [0, 0.1) is 19.7 Å². The number of carbonyl (C=O) groups excluding carboxylic acids is 1. The molecule has 0 aliphatic carbocycles. The van der Waals surface area contributed by atoms with Crippen molar-refractivity contribution in [2.24, 2.45) is 0 Å². The minimum Gasteiger partial charge on any atom is -0.351 e. The van der Waals surface area contributed by atoms with E-state index in [4.69, 9.17) is 0 Å². The highest BCUT2D eigenvalue weighted by atomic mass is 19.1. The molecule has 1 aromatic heterocycles. The van der Waals surface area contributed by atoms with Crippen molar-refractivity contribution < 1.29 is 9.18 Å². The quantitative estimate of drug-likeness (QED) is 0.644. The van der Waals surface area contributed by atoms with E-state index in [0.29, 0.717) is 12.1 Å². The third-order valence-corrected chi connectivity index (χ3v) is 5.80. The van der Waals surface area contributed by atoms with Crippen molar-refractivity contribution in [2.75, 3.05) is 26.2 Å². The number of benzene rings is 2. The first-order valence-electron chi connectivity index (χ1n) is 10.6. The van der Waals surface area contributed by atoms with Gasteiger partial charge in [0.15, 0.2) is 0 Å². The van der Waals surface area contributed by atoms with Gasteiger partial charge in [-0.2, -0.15) is 0 Å². The molecule has 0 unspecified atom stereocenters. The van der Waals surface area contributed by atoms with E-state index < -0.39 is 0 Å². The molecule has 4 nitrogen and oxygen atoms in total. The van der Waals surface area contributed by atoms with Crippen molar-refractivity contribution in [1.29, 1.82) is 0 Å². The summed E-state index contributed by atoms with van der Waals surface area (Å²) in [6.07, 6.45) is 2.49. The van der Waals surface area contributed by atoms with E-state index in [1.165, 1.54) is 25.0 Å². The molecule has 3 aromatic rings. The molecule has 0 bridgehead atoms. The Labute approximate surface area is 177 Å². The molecule has 0 saturated carbocycles. The molecule has 30 heavy (non-hydrogen) atoms. The molecule has 1 saturated heterocycles. The number of hydrogen-bond donors (Lipinski definition) is 1. The first-order chi connectivity index (χ1) is 14.5. The first kappa shape index (κ1) is 20.4. The number of halogens is 1. The zero-order valence-corrected chi connectivity index (χ0v) is 17.6. The Hall–Kier alpha value is -2.92. The van der Waals surface area contributed by atoms with Crippen molar-refractivity contribution in [2.45, 2.75) is 26.7 Å². The summed E-state index contributed by atoms with van der Waals surface area (Å²) in [5.41, 5.74) is 5.40. The molecule has 1 aliphatic heterocycles. The van der Waals surface area contributed by atoms with E-state index in [-0.39, 0.29) is 11.7 Å². The molecule has 1 aliphatic rings. The number of hydrogen-bond acceptors (Lipinski definition) is 2. The summed E-state index contributed by atoms with van der Waals surface area (Å²) in [5, 5.41) is 3.08. The Bertz CT molecular complexity index is 1030. The van der Waals surface area contributed by atoms with Gasteiger partial charge in [0.1, 0.15) is 5.82 Å². The fraction of sp³-hybridized carbons (Fsp3) is 0.320. The highest BCUT2D eigenvalue weighted by Gasteiger charge is 2.20. The first-order valence-corrected chi connectivity index (χ1v) is 10.6. The van der Waals surface area contributed by atoms with Crippen LogP contribution in [0.5, 0.6) is 0 Å². The highest BCUT2D eigenvalue weighted by molar-refractivity contribution is 5.97. The standard InChI is InChI=1S/C25H28FN3O/c1-18-6-5-7-22(16-18)29-19(2)23(17-24(29)20-8-10-21(26)11-9-20)25(30)27-12-15-28-13-3-4-14-28/h5-11,16-17H,3-4,12-15H2,1-2H3,(H,27,30). The average Bonchev–Trinajstić information content (AvgIpc) is 3.36. The molecule has 1 N–H and O–H groups in total. The number of likely N-dealkylation sites (tertiary alicyclic amines) is 1. The van der Waals surface area contributed by atoms with E-state index >= 15 is 0 Å². The van der Waals surface area contributed by atoms with Crippen LogP contribution < -0.4 is 5.32 Å². The topological polar surface area (TPSA) is 37.3 Å². The number of aromatic nitrogens is 1. The molecule has 1 fully saturated rings. The van der Waals surface area contributed by atoms with Crippen LogP contribution in [0.25, 0.3) is 16.9 Å². The number of carbonyl (C=O) groups is 1. The average molecular weight is 406 g/mol. The molecule has 1 amide bonds. The maximum Gasteiger partial charge on any atom is 0.253 e. The third-order valence-electron chi connectivity index (χ3n) is 5.80.